The largest absolute Gasteiger partial charge is 0.315 e. The van der Waals surface area contributed by atoms with Crippen LogP contribution in [0.3, 0.4) is 0 Å². The maximum Gasteiger partial charge on any atom is 0.00767 e. The summed E-state index contributed by atoms with van der Waals surface area (Å²) in [6.45, 7) is 14.1. The number of hydrogen-bond acceptors (Lipinski definition) is 2. The molecule has 0 radical (unpaired) electrons. The van der Waals surface area contributed by atoms with E-state index in [2.05, 4.69) is 38.3 Å². The predicted octanol–water partition coefficient (Wildman–Crippen LogP) is 9.67. The lowest BCUT2D eigenvalue weighted by Crippen LogP contribution is -2.28. The van der Waals surface area contributed by atoms with E-state index in [0.717, 1.165) is 24.9 Å². The molecule has 200 valence electrons. The van der Waals surface area contributed by atoms with Crippen LogP contribution in [0.1, 0.15) is 163 Å². The van der Waals surface area contributed by atoms with Gasteiger partial charge in [-0.15, -0.1) is 0 Å². The Balaban J connectivity index is 3.15. The van der Waals surface area contributed by atoms with Crippen LogP contribution >= 0.6 is 0 Å². The van der Waals surface area contributed by atoms with Gasteiger partial charge in [0.15, 0.2) is 0 Å². The van der Waals surface area contributed by atoms with Crippen LogP contribution in [0.2, 0.25) is 0 Å². The van der Waals surface area contributed by atoms with Crippen molar-refractivity contribution in [2.24, 2.45) is 11.8 Å². The second-order valence-electron chi connectivity index (χ2n) is 11.1. The van der Waals surface area contributed by atoms with Crippen LogP contribution in [0.5, 0.6) is 0 Å². The zero-order valence-corrected chi connectivity index (χ0v) is 23.8. The van der Waals surface area contributed by atoms with Crippen LogP contribution in [0.4, 0.5) is 0 Å². The van der Waals surface area contributed by atoms with Crippen molar-refractivity contribution in [1.29, 1.82) is 0 Å². The molecule has 2 heteroatoms. The van der Waals surface area contributed by atoms with Crippen molar-refractivity contribution in [3.05, 3.63) is 0 Å². The molecule has 0 aliphatic carbocycles. The standard InChI is InChI=1S/C31H66N2/c1-5-7-8-9-10-11-12-13-14-15-16-18-24-31(4)25-19-17-21-26-32-28-29-33-27-22-20-23-30(3)6-2/h30-33H,5-29H2,1-4H3. The average Bonchev–Trinajstić information content (AvgIpc) is 2.82. The van der Waals surface area contributed by atoms with E-state index in [4.69, 9.17) is 0 Å². The summed E-state index contributed by atoms with van der Waals surface area (Å²) in [5.74, 6) is 1.84. The van der Waals surface area contributed by atoms with Gasteiger partial charge in [0.2, 0.25) is 0 Å². The van der Waals surface area contributed by atoms with Gasteiger partial charge in [-0.3, -0.25) is 0 Å². The van der Waals surface area contributed by atoms with Gasteiger partial charge in [0.25, 0.3) is 0 Å². The first-order valence-electron chi connectivity index (χ1n) is 15.6. The van der Waals surface area contributed by atoms with Gasteiger partial charge >= 0.3 is 0 Å². The normalized spacial score (nSPS) is 13.5. The number of unbranched alkanes of at least 4 members (excludes halogenated alkanes) is 14. The van der Waals surface area contributed by atoms with E-state index in [1.54, 1.807) is 0 Å². The minimum absolute atomic E-state index is 0.907. The molecule has 2 nitrogen and oxygen atoms in total. The van der Waals surface area contributed by atoms with Crippen LogP contribution in [0.25, 0.3) is 0 Å². The zero-order valence-electron chi connectivity index (χ0n) is 23.8. The molecule has 0 fully saturated rings. The summed E-state index contributed by atoms with van der Waals surface area (Å²) in [6, 6.07) is 0. The van der Waals surface area contributed by atoms with Gasteiger partial charge in [-0.05, 0) is 37.8 Å². The van der Waals surface area contributed by atoms with Crippen LogP contribution in [-0.2, 0) is 0 Å². The lowest BCUT2D eigenvalue weighted by molar-refractivity contribution is 0.431. The van der Waals surface area contributed by atoms with Crippen molar-refractivity contribution in [2.75, 3.05) is 26.2 Å². The monoisotopic (exact) mass is 467 g/mol. The third kappa shape index (κ3) is 28.0. The van der Waals surface area contributed by atoms with Gasteiger partial charge in [-0.2, -0.15) is 0 Å². The van der Waals surface area contributed by atoms with E-state index >= 15 is 0 Å². The van der Waals surface area contributed by atoms with E-state index < -0.39 is 0 Å². The molecule has 0 aromatic heterocycles. The van der Waals surface area contributed by atoms with Crippen LogP contribution < -0.4 is 10.6 Å². The van der Waals surface area contributed by atoms with E-state index in [1.165, 1.54) is 148 Å². The van der Waals surface area contributed by atoms with Crippen molar-refractivity contribution in [3.63, 3.8) is 0 Å². The third-order valence-electron chi connectivity index (χ3n) is 7.58. The lowest BCUT2D eigenvalue weighted by Gasteiger charge is -2.11. The Labute approximate surface area is 211 Å². The number of nitrogens with one attached hydrogen (secondary N) is 2. The second-order valence-corrected chi connectivity index (χ2v) is 11.1. The van der Waals surface area contributed by atoms with E-state index in [9.17, 15) is 0 Å². The van der Waals surface area contributed by atoms with Crippen LogP contribution in [0, 0.1) is 11.8 Å². The molecular formula is C31H66N2. The van der Waals surface area contributed by atoms with Gasteiger partial charge in [0.05, 0.1) is 0 Å². The van der Waals surface area contributed by atoms with Gasteiger partial charge in [-0.25, -0.2) is 0 Å². The van der Waals surface area contributed by atoms with Crippen molar-refractivity contribution >= 4 is 0 Å². The van der Waals surface area contributed by atoms with Crippen molar-refractivity contribution in [3.8, 4) is 0 Å². The molecule has 0 amide bonds. The van der Waals surface area contributed by atoms with Crippen molar-refractivity contribution in [2.45, 2.75) is 163 Å². The second kappa shape index (κ2) is 28.2. The highest BCUT2D eigenvalue weighted by Crippen LogP contribution is 2.18. The Bertz CT molecular complexity index is 344. The topological polar surface area (TPSA) is 24.1 Å². The average molecular weight is 467 g/mol. The molecule has 33 heavy (non-hydrogen) atoms. The highest BCUT2D eigenvalue weighted by Gasteiger charge is 2.02. The number of hydrogen-bond donors (Lipinski definition) is 2. The summed E-state index contributed by atoms with van der Waals surface area (Å²) in [7, 11) is 0. The Hall–Kier alpha value is -0.0800. The van der Waals surface area contributed by atoms with Crippen molar-refractivity contribution in [1.82, 2.24) is 10.6 Å². The first-order valence-corrected chi connectivity index (χ1v) is 15.6. The Morgan fingerprint density at radius 2 is 0.758 bits per heavy atom. The molecule has 0 aliphatic heterocycles. The maximum absolute atomic E-state index is 3.61. The molecule has 0 saturated heterocycles. The van der Waals surface area contributed by atoms with E-state index in [-0.39, 0.29) is 0 Å². The predicted molar refractivity (Wildman–Crippen MR) is 152 cm³/mol. The Morgan fingerprint density at radius 1 is 0.394 bits per heavy atom. The van der Waals surface area contributed by atoms with E-state index in [1.807, 2.05) is 0 Å². The summed E-state index contributed by atoms with van der Waals surface area (Å²) >= 11 is 0. The lowest BCUT2D eigenvalue weighted by atomic mass is 9.96. The highest BCUT2D eigenvalue weighted by molar-refractivity contribution is 4.58. The molecule has 0 saturated carbocycles. The maximum atomic E-state index is 3.61. The van der Waals surface area contributed by atoms with Gasteiger partial charge in [0.1, 0.15) is 0 Å². The smallest absolute Gasteiger partial charge is 0.00767 e. The molecule has 2 atom stereocenters. The Kier molecular flexibility index (Phi) is 28.1. The summed E-state index contributed by atoms with van der Waals surface area (Å²) in [5, 5.41) is 7.19. The molecule has 2 unspecified atom stereocenters. The summed E-state index contributed by atoms with van der Waals surface area (Å²) in [5.41, 5.74) is 0. The molecular weight excluding hydrogens is 400 g/mol. The highest BCUT2D eigenvalue weighted by atomic mass is 14.9. The fourth-order valence-electron chi connectivity index (χ4n) is 4.77. The van der Waals surface area contributed by atoms with Crippen molar-refractivity contribution < 1.29 is 0 Å². The van der Waals surface area contributed by atoms with Crippen LogP contribution in [0.15, 0.2) is 0 Å². The molecule has 0 spiro atoms. The fourth-order valence-corrected chi connectivity index (χ4v) is 4.77. The Morgan fingerprint density at radius 3 is 1.24 bits per heavy atom. The van der Waals surface area contributed by atoms with Gasteiger partial charge < -0.3 is 10.6 Å². The molecule has 0 aromatic carbocycles. The first kappa shape index (κ1) is 32.9. The quantitative estimate of drug-likeness (QED) is 0.112. The molecule has 0 heterocycles. The first-order chi connectivity index (χ1) is 16.2. The molecule has 2 N–H and O–H groups in total. The summed E-state index contributed by atoms with van der Waals surface area (Å²) in [4.78, 5) is 0. The van der Waals surface area contributed by atoms with E-state index in [0.29, 0.717) is 0 Å². The minimum atomic E-state index is 0.907. The summed E-state index contributed by atoms with van der Waals surface area (Å²) < 4.78 is 0. The van der Waals surface area contributed by atoms with Gasteiger partial charge in [-0.1, -0.05) is 150 Å². The zero-order chi connectivity index (χ0) is 24.2. The van der Waals surface area contributed by atoms with Crippen LogP contribution in [-0.4, -0.2) is 26.2 Å². The SMILES string of the molecule is CCCCCCCCCCCCCCC(C)CCCCCNCCNCCCCC(C)CC. The molecule has 0 aliphatic rings. The molecule has 0 rings (SSSR count). The summed E-state index contributed by atoms with van der Waals surface area (Å²) in [6.07, 6.45) is 30.0. The molecule has 0 aromatic rings. The fraction of sp³-hybridized carbons (Fsp3) is 1.00. The number of rotatable bonds is 28. The van der Waals surface area contributed by atoms with Gasteiger partial charge in [0, 0.05) is 13.1 Å². The minimum Gasteiger partial charge on any atom is -0.315 e. The molecule has 0 bridgehead atoms. The third-order valence-corrected chi connectivity index (χ3v) is 7.58.